The Morgan fingerprint density at radius 3 is 1.22 bits per heavy atom. The molecule has 0 amide bonds. The molecule has 0 heterocycles. The van der Waals surface area contributed by atoms with E-state index in [0.29, 0.717) is 0 Å². The zero-order chi connectivity index (χ0) is 17.7. The normalized spacial score (nSPS) is 11.9. The van der Waals surface area contributed by atoms with Crippen LogP contribution in [0.4, 0.5) is 0 Å². The summed E-state index contributed by atoms with van der Waals surface area (Å²) in [7, 11) is 0. The standard InChI is InChI=1S/2C5H9NO4S.Zn/c2*7-4(8)1-6-3(2-11)5(9)10;/h2*3,6,11H,1-2H2,(H,7,8)(H,9,10);/q;;+2/p-2/t2*3-;/m00./s1. The van der Waals surface area contributed by atoms with Crippen LogP contribution in [0, 0.1) is 0 Å². The molecule has 0 aromatic carbocycles. The summed E-state index contributed by atoms with van der Waals surface area (Å²) < 4.78 is 0. The molecule has 0 fully saturated rings. The van der Waals surface area contributed by atoms with Gasteiger partial charge in [0.05, 0.1) is 37.1 Å². The minimum Gasteiger partial charge on any atom is -0.548 e. The SMILES string of the molecule is O=C(O)CN[C@@H](CS)C(=O)[O-].O=C(O)CN[C@@H](CS)C(=O)[O-].[Zn+2]. The predicted octanol–water partition coefficient (Wildman–Crippen LogP) is -4.58. The fourth-order valence-corrected chi connectivity index (χ4v) is 1.42. The number of carbonyl (C=O) groups is 4. The zero-order valence-electron chi connectivity index (χ0n) is 11.9. The molecule has 23 heavy (non-hydrogen) atoms. The molecule has 0 aromatic heterocycles. The van der Waals surface area contributed by atoms with Crippen LogP contribution >= 0.6 is 25.3 Å². The molecule has 10 nitrogen and oxygen atoms in total. The maximum Gasteiger partial charge on any atom is 2.00 e. The van der Waals surface area contributed by atoms with E-state index in [1.54, 1.807) is 0 Å². The van der Waals surface area contributed by atoms with Crippen LogP contribution in [-0.2, 0) is 38.7 Å². The van der Waals surface area contributed by atoms with Gasteiger partial charge in [-0.15, -0.1) is 0 Å². The first-order valence-electron chi connectivity index (χ1n) is 5.69. The summed E-state index contributed by atoms with van der Waals surface area (Å²) in [4.78, 5) is 40.1. The summed E-state index contributed by atoms with van der Waals surface area (Å²) in [6.07, 6.45) is 0. The Bertz CT molecular complexity index is 363. The quantitative estimate of drug-likeness (QED) is 0.148. The number of carboxylic acid groups (broad SMARTS) is 4. The van der Waals surface area contributed by atoms with Gasteiger partial charge in [-0.2, -0.15) is 25.3 Å². The number of rotatable bonds is 10. The summed E-state index contributed by atoms with van der Waals surface area (Å²) in [5, 5.41) is 41.0. The van der Waals surface area contributed by atoms with Crippen LogP contribution in [0.1, 0.15) is 0 Å². The summed E-state index contributed by atoms with van der Waals surface area (Å²) in [5.41, 5.74) is 0. The van der Waals surface area contributed by atoms with Gasteiger partial charge in [-0.1, -0.05) is 0 Å². The number of carbonyl (C=O) groups excluding carboxylic acids is 2. The Kier molecular flexibility index (Phi) is 18.8. The van der Waals surface area contributed by atoms with Crippen LogP contribution in [0.25, 0.3) is 0 Å². The largest absolute Gasteiger partial charge is 2.00 e. The fraction of sp³-hybridized carbons (Fsp3) is 0.600. The van der Waals surface area contributed by atoms with Crippen molar-refractivity contribution in [2.45, 2.75) is 12.1 Å². The first kappa shape index (κ1) is 27.0. The van der Waals surface area contributed by atoms with Gasteiger partial charge in [0.15, 0.2) is 0 Å². The first-order chi connectivity index (χ1) is 10.1. The molecule has 0 radical (unpaired) electrons. The van der Waals surface area contributed by atoms with E-state index in [4.69, 9.17) is 10.2 Å². The van der Waals surface area contributed by atoms with E-state index >= 15 is 0 Å². The average Bonchev–Trinajstić information content (AvgIpc) is 2.39. The van der Waals surface area contributed by atoms with Crippen LogP contribution in [0.2, 0.25) is 0 Å². The minimum absolute atomic E-state index is 0. The number of aliphatic carboxylic acids is 4. The second kappa shape index (κ2) is 16.0. The maximum atomic E-state index is 10.1. The molecule has 0 aromatic rings. The molecule has 2 atom stereocenters. The molecule has 0 saturated heterocycles. The van der Waals surface area contributed by atoms with Crippen molar-refractivity contribution in [3.8, 4) is 0 Å². The zero-order valence-corrected chi connectivity index (χ0v) is 16.7. The molecule has 0 saturated carbocycles. The van der Waals surface area contributed by atoms with E-state index in [9.17, 15) is 29.4 Å². The van der Waals surface area contributed by atoms with Gasteiger partial charge in [0.25, 0.3) is 0 Å². The molecule has 0 unspecified atom stereocenters. The third kappa shape index (κ3) is 17.3. The fourth-order valence-electron chi connectivity index (χ4n) is 0.866. The Morgan fingerprint density at radius 1 is 0.826 bits per heavy atom. The van der Waals surface area contributed by atoms with E-state index in [1.165, 1.54) is 0 Å². The molecule has 4 N–H and O–H groups in total. The van der Waals surface area contributed by atoms with Crippen molar-refractivity contribution in [3.63, 3.8) is 0 Å². The van der Waals surface area contributed by atoms with Gasteiger partial charge in [-0.05, 0) is 0 Å². The Hall–Kier alpha value is -0.877. The van der Waals surface area contributed by atoms with Crippen molar-refractivity contribution < 1.29 is 59.1 Å². The molecule has 0 rings (SSSR count). The van der Waals surface area contributed by atoms with Gasteiger partial charge in [-0.25, -0.2) is 0 Å². The van der Waals surface area contributed by atoms with Gasteiger partial charge >= 0.3 is 31.4 Å². The van der Waals surface area contributed by atoms with Gasteiger partial charge in [-0.3, -0.25) is 20.2 Å². The van der Waals surface area contributed by atoms with Crippen LogP contribution in [0.5, 0.6) is 0 Å². The molecule has 0 aliphatic rings. The van der Waals surface area contributed by atoms with Crippen LogP contribution in [-0.4, -0.2) is 70.8 Å². The summed E-state index contributed by atoms with van der Waals surface area (Å²) in [6, 6.07) is -2.01. The smallest absolute Gasteiger partial charge is 0.548 e. The van der Waals surface area contributed by atoms with Crippen molar-refractivity contribution in [3.05, 3.63) is 0 Å². The Labute approximate surface area is 155 Å². The van der Waals surface area contributed by atoms with E-state index in [0.717, 1.165) is 0 Å². The summed E-state index contributed by atoms with van der Waals surface area (Å²) in [6.45, 7) is -0.807. The Morgan fingerprint density at radius 2 is 1.09 bits per heavy atom. The molecular weight excluding hydrogens is 406 g/mol. The van der Waals surface area contributed by atoms with Crippen molar-refractivity contribution in [2.24, 2.45) is 0 Å². The van der Waals surface area contributed by atoms with E-state index in [-0.39, 0.29) is 31.0 Å². The van der Waals surface area contributed by atoms with Gasteiger partial charge < -0.3 is 30.0 Å². The average molecular weight is 422 g/mol. The molecule has 128 valence electrons. The second-order valence-corrected chi connectivity index (χ2v) is 4.39. The number of carboxylic acids is 4. The second-order valence-electron chi connectivity index (χ2n) is 3.66. The molecule has 0 aliphatic heterocycles. The number of nitrogens with one attached hydrogen (secondary N) is 2. The molecular formula is C10H16N2O8S2Zn. The predicted molar refractivity (Wildman–Crippen MR) is 76.6 cm³/mol. The number of hydrogen-bond donors (Lipinski definition) is 6. The number of hydrogen-bond acceptors (Lipinski definition) is 10. The third-order valence-electron chi connectivity index (χ3n) is 1.93. The van der Waals surface area contributed by atoms with Gasteiger partial charge in [0.2, 0.25) is 0 Å². The maximum absolute atomic E-state index is 10.1. The monoisotopic (exact) mass is 420 g/mol. The third-order valence-corrected chi connectivity index (χ3v) is 2.66. The molecule has 0 spiro atoms. The Balaban J connectivity index is -0.000000333. The topological polar surface area (TPSA) is 179 Å². The first-order valence-corrected chi connectivity index (χ1v) is 6.95. The molecule has 0 bridgehead atoms. The van der Waals surface area contributed by atoms with Crippen molar-refractivity contribution in [2.75, 3.05) is 24.6 Å². The summed E-state index contributed by atoms with van der Waals surface area (Å²) in [5.74, 6) is -4.90. The van der Waals surface area contributed by atoms with Crippen molar-refractivity contribution in [1.29, 1.82) is 0 Å². The van der Waals surface area contributed by atoms with Gasteiger partial charge in [0, 0.05) is 11.5 Å². The van der Waals surface area contributed by atoms with Crippen LogP contribution in [0.15, 0.2) is 0 Å². The molecule has 0 aliphatic carbocycles. The van der Waals surface area contributed by atoms with Crippen molar-refractivity contribution in [1.82, 2.24) is 10.6 Å². The van der Waals surface area contributed by atoms with Gasteiger partial charge in [0.1, 0.15) is 0 Å². The molecule has 13 heteroatoms. The minimum atomic E-state index is -1.35. The van der Waals surface area contributed by atoms with Crippen LogP contribution in [0.3, 0.4) is 0 Å². The summed E-state index contributed by atoms with van der Waals surface area (Å²) >= 11 is 7.36. The van der Waals surface area contributed by atoms with Crippen LogP contribution < -0.4 is 20.8 Å². The van der Waals surface area contributed by atoms with Crippen molar-refractivity contribution >= 4 is 49.1 Å². The van der Waals surface area contributed by atoms with E-state index in [1.807, 2.05) is 0 Å². The van der Waals surface area contributed by atoms with E-state index < -0.39 is 49.1 Å². The number of thiol groups is 2. The van der Waals surface area contributed by atoms with E-state index in [2.05, 4.69) is 35.9 Å².